The Morgan fingerprint density at radius 2 is 1.73 bits per heavy atom. The number of aromatic hydroxyl groups is 1. The minimum Gasteiger partial charge on any atom is -0.508 e. The second-order valence-electron chi connectivity index (χ2n) is 12.3. The number of ether oxygens (including phenoxy) is 3. The van der Waals surface area contributed by atoms with Crippen molar-refractivity contribution in [2.24, 2.45) is 22.9 Å². The van der Waals surface area contributed by atoms with E-state index in [0.29, 0.717) is 36.3 Å². The summed E-state index contributed by atoms with van der Waals surface area (Å²) in [6.07, 6.45) is 6.30. The summed E-state index contributed by atoms with van der Waals surface area (Å²) in [6, 6.07) is 3.62. The lowest BCUT2D eigenvalue weighted by Crippen LogP contribution is -2.62. The van der Waals surface area contributed by atoms with Crippen LogP contribution in [0.2, 0.25) is 0 Å². The molecule has 5 rings (SSSR count). The molecular formula is C34H46N4O10. The van der Waals surface area contributed by atoms with Crippen molar-refractivity contribution in [1.82, 2.24) is 15.0 Å². The number of aliphatic hydroxyl groups is 3. The Morgan fingerprint density at radius 1 is 1.02 bits per heavy atom. The number of unbranched alkanes of at least 4 members (excludes halogenated alkanes) is 2. The average molecular weight is 671 g/mol. The Balaban J connectivity index is 1.75. The summed E-state index contributed by atoms with van der Waals surface area (Å²) in [5.41, 5.74) is 1.31. The number of hydrogen-bond donors (Lipinski definition) is 4. The third kappa shape index (κ3) is 6.65. The van der Waals surface area contributed by atoms with Crippen molar-refractivity contribution in [3.05, 3.63) is 46.8 Å². The van der Waals surface area contributed by atoms with Crippen molar-refractivity contribution in [3.8, 4) is 11.5 Å². The Morgan fingerprint density at radius 3 is 2.42 bits per heavy atom. The highest BCUT2D eigenvalue weighted by molar-refractivity contribution is 6.03. The second-order valence-corrected chi connectivity index (χ2v) is 12.3. The molecule has 0 amide bonds. The van der Waals surface area contributed by atoms with Crippen LogP contribution in [0.4, 0.5) is 0 Å². The van der Waals surface area contributed by atoms with Crippen molar-refractivity contribution in [1.29, 1.82) is 0 Å². The molecule has 2 aliphatic carbocycles. The quantitative estimate of drug-likeness (QED) is 0.122. The molecule has 0 bridgehead atoms. The number of aliphatic hydroxyl groups excluding tert-OH is 2. The molecule has 1 aromatic heterocycles. The number of esters is 2. The van der Waals surface area contributed by atoms with Crippen LogP contribution in [-0.4, -0.2) is 91.9 Å². The summed E-state index contributed by atoms with van der Waals surface area (Å²) in [7, 11) is 0. The average Bonchev–Trinajstić information content (AvgIpc) is 3.51. The Kier molecular flexibility index (Phi) is 11.4. The highest BCUT2D eigenvalue weighted by atomic mass is 16.6. The zero-order chi connectivity index (χ0) is 34.4. The predicted octanol–water partition coefficient (Wildman–Crippen LogP) is 3.65. The monoisotopic (exact) mass is 670 g/mol. The molecule has 6 atom stereocenters. The normalized spacial score (nSPS) is 26.6. The van der Waals surface area contributed by atoms with Gasteiger partial charge in [-0.15, -0.1) is 5.10 Å². The van der Waals surface area contributed by atoms with Gasteiger partial charge in [0, 0.05) is 31.1 Å². The van der Waals surface area contributed by atoms with Crippen LogP contribution in [0.5, 0.6) is 11.5 Å². The topological polar surface area (TPSA) is 195 Å². The van der Waals surface area contributed by atoms with Crippen LogP contribution in [0.15, 0.2) is 35.0 Å². The molecule has 2 heterocycles. The van der Waals surface area contributed by atoms with Gasteiger partial charge in [0.25, 0.3) is 0 Å². The number of phenolic OH excluding ortho intramolecular Hbond substituents is 1. The van der Waals surface area contributed by atoms with E-state index in [0.717, 1.165) is 24.8 Å². The second kappa shape index (κ2) is 15.5. The lowest BCUT2D eigenvalue weighted by atomic mass is 9.55. The molecule has 262 valence electrons. The fourth-order valence-corrected chi connectivity index (χ4v) is 7.59. The number of rotatable bonds is 15. The Bertz CT molecular complexity index is 1520. The smallest absolute Gasteiger partial charge is 0.361 e. The third-order valence-corrected chi connectivity index (χ3v) is 9.49. The van der Waals surface area contributed by atoms with Gasteiger partial charge in [0.1, 0.15) is 24.1 Å². The molecule has 0 saturated heterocycles. The summed E-state index contributed by atoms with van der Waals surface area (Å²) >= 11 is 0. The summed E-state index contributed by atoms with van der Waals surface area (Å²) in [6.45, 7) is 5.50. The van der Waals surface area contributed by atoms with E-state index < -0.39 is 35.6 Å². The lowest BCUT2D eigenvalue weighted by Gasteiger charge is -2.56. The van der Waals surface area contributed by atoms with Gasteiger partial charge in [-0.1, -0.05) is 29.3 Å². The molecular weight excluding hydrogens is 624 g/mol. The van der Waals surface area contributed by atoms with Crippen LogP contribution in [-0.2, 0) is 14.3 Å². The molecule has 1 saturated carbocycles. The highest BCUT2D eigenvalue weighted by Gasteiger charge is 2.64. The number of nitrogens with zero attached hydrogens (tertiary/aromatic N) is 4. The van der Waals surface area contributed by atoms with E-state index in [1.807, 2.05) is 0 Å². The molecule has 2 aromatic rings. The molecule has 14 heteroatoms. The highest BCUT2D eigenvalue weighted by Crippen LogP contribution is 2.62. The van der Waals surface area contributed by atoms with Gasteiger partial charge in [-0.3, -0.25) is 0 Å². The van der Waals surface area contributed by atoms with E-state index in [1.165, 1.54) is 10.7 Å². The summed E-state index contributed by atoms with van der Waals surface area (Å²) in [5.74, 6) is -4.62. The van der Waals surface area contributed by atoms with Crippen LogP contribution < -0.4 is 4.74 Å². The first-order chi connectivity index (χ1) is 23.2. The van der Waals surface area contributed by atoms with E-state index in [9.17, 15) is 30.0 Å². The van der Waals surface area contributed by atoms with Gasteiger partial charge in [-0.05, 0) is 82.1 Å². The SMILES string of the molecule is CCON=C1CC(n2nnc(C(=O)OCC)c2C(=O)OCC)C2(O)Oc3ccc(O)cc3C3C(CCCCO)C(CCCCO)C=C1C32. The molecule has 3 aliphatic rings. The number of carbonyl (C=O) groups is 2. The number of oxime groups is 1. The van der Waals surface area contributed by atoms with Crippen molar-refractivity contribution in [2.45, 2.75) is 83.5 Å². The Labute approximate surface area is 279 Å². The molecule has 1 aliphatic heterocycles. The molecule has 14 nitrogen and oxygen atoms in total. The minimum atomic E-state index is -2.04. The van der Waals surface area contributed by atoms with E-state index in [1.54, 1.807) is 32.9 Å². The molecule has 0 spiro atoms. The molecule has 1 fully saturated rings. The number of fused-ring (bicyclic) bond motifs is 2. The lowest BCUT2D eigenvalue weighted by molar-refractivity contribution is -0.225. The van der Waals surface area contributed by atoms with Crippen molar-refractivity contribution in [3.63, 3.8) is 0 Å². The number of hydrogen-bond acceptors (Lipinski definition) is 13. The zero-order valence-corrected chi connectivity index (χ0v) is 27.7. The fraction of sp³-hybridized carbons (Fsp3) is 0.618. The van der Waals surface area contributed by atoms with Crippen LogP contribution in [0, 0.1) is 17.8 Å². The molecule has 48 heavy (non-hydrogen) atoms. The molecule has 4 N–H and O–H groups in total. The van der Waals surface area contributed by atoms with Crippen molar-refractivity contribution < 1.29 is 49.1 Å². The van der Waals surface area contributed by atoms with E-state index in [4.69, 9.17) is 19.0 Å². The molecule has 1 aromatic carbocycles. The van der Waals surface area contributed by atoms with E-state index in [2.05, 4.69) is 21.5 Å². The maximum atomic E-state index is 13.4. The first-order valence-corrected chi connectivity index (χ1v) is 16.9. The number of carbonyl (C=O) groups excluding carboxylic acids is 2. The van der Waals surface area contributed by atoms with Crippen LogP contribution in [0.25, 0.3) is 0 Å². The van der Waals surface area contributed by atoms with Gasteiger partial charge in [0.2, 0.25) is 11.5 Å². The van der Waals surface area contributed by atoms with E-state index >= 15 is 0 Å². The van der Waals surface area contributed by atoms with Crippen molar-refractivity contribution in [2.75, 3.05) is 33.0 Å². The van der Waals surface area contributed by atoms with Gasteiger partial charge < -0.3 is 39.5 Å². The summed E-state index contributed by atoms with van der Waals surface area (Å²) in [5, 5.41) is 55.6. The van der Waals surface area contributed by atoms with Crippen molar-refractivity contribution >= 4 is 17.7 Å². The van der Waals surface area contributed by atoms with Gasteiger partial charge in [0.15, 0.2) is 5.69 Å². The van der Waals surface area contributed by atoms with E-state index in [-0.39, 0.29) is 68.4 Å². The summed E-state index contributed by atoms with van der Waals surface area (Å²) < 4.78 is 18.2. The number of phenols is 1. The third-order valence-electron chi connectivity index (χ3n) is 9.49. The fourth-order valence-electron chi connectivity index (χ4n) is 7.59. The largest absolute Gasteiger partial charge is 0.508 e. The van der Waals surface area contributed by atoms with Gasteiger partial charge in [0.05, 0.1) is 24.8 Å². The molecule has 6 unspecified atom stereocenters. The number of aromatic nitrogens is 3. The maximum Gasteiger partial charge on any atom is 0.361 e. The number of benzene rings is 1. The minimum absolute atomic E-state index is 0.00398. The molecule has 0 radical (unpaired) electrons. The first-order valence-electron chi connectivity index (χ1n) is 16.9. The maximum absolute atomic E-state index is 13.4. The van der Waals surface area contributed by atoms with Crippen LogP contribution in [0.3, 0.4) is 0 Å². The standard InChI is InChI=1S/C34H46N4O10/c1-4-45-32(42)30-31(33(43)46-5-2)38(37-35-30)27-19-25(36-47-6-3)23-17-20(11-7-9-15-39)22(12-8-10-16-40)28-24-18-21(41)13-14-26(24)48-34(27,44)29(23)28/h13-14,17-18,20,22,27-29,39-41,44H,4-12,15-16,19H2,1-3H3. The predicted molar refractivity (Wildman–Crippen MR) is 172 cm³/mol. The van der Waals surface area contributed by atoms with Gasteiger partial charge >= 0.3 is 11.9 Å². The van der Waals surface area contributed by atoms with Gasteiger partial charge in [-0.25, -0.2) is 14.3 Å². The zero-order valence-electron chi connectivity index (χ0n) is 27.7. The van der Waals surface area contributed by atoms with Crippen LogP contribution in [0.1, 0.15) is 104 Å². The van der Waals surface area contributed by atoms with Crippen LogP contribution >= 0.6 is 0 Å². The number of allylic oxidation sites excluding steroid dienone is 1. The first kappa shape index (κ1) is 35.3. The summed E-state index contributed by atoms with van der Waals surface area (Å²) in [4.78, 5) is 32.0. The Hall–Kier alpha value is -4.01. The van der Waals surface area contributed by atoms with Gasteiger partial charge in [-0.2, -0.15) is 0 Å².